The Morgan fingerprint density at radius 1 is 1.24 bits per heavy atom. The van der Waals surface area contributed by atoms with E-state index < -0.39 is 0 Å². The first-order valence-corrected chi connectivity index (χ1v) is 8.41. The molecule has 0 amide bonds. The van der Waals surface area contributed by atoms with Crippen molar-refractivity contribution in [2.45, 2.75) is 17.9 Å². The van der Waals surface area contributed by atoms with Gasteiger partial charge in [0.1, 0.15) is 5.82 Å². The van der Waals surface area contributed by atoms with Gasteiger partial charge in [-0.25, -0.2) is 9.97 Å². The molecular formula is C16H18N4S. The highest BCUT2D eigenvalue weighted by atomic mass is 32.2. The summed E-state index contributed by atoms with van der Waals surface area (Å²) < 4.78 is 0. The molecule has 3 heterocycles. The molecule has 0 atom stereocenters. The highest BCUT2D eigenvalue weighted by molar-refractivity contribution is 7.98. The Labute approximate surface area is 129 Å². The number of nitrogens with zero attached hydrogens (tertiary/aromatic N) is 3. The number of rotatable bonds is 2. The predicted octanol–water partition coefficient (Wildman–Crippen LogP) is 2.92. The molecule has 2 aromatic rings. The molecule has 4 nitrogen and oxygen atoms in total. The molecule has 0 saturated carbocycles. The van der Waals surface area contributed by atoms with Crippen LogP contribution in [0, 0.1) is 0 Å². The number of anilines is 2. The van der Waals surface area contributed by atoms with Crippen molar-refractivity contribution in [3.05, 3.63) is 35.0 Å². The molecule has 21 heavy (non-hydrogen) atoms. The van der Waals surface area contributed by atoms with Crippen LogP contribution in [0.1, 0.15) is 16.8 Å². The molecule has 0 unspecified atom stereocenters. The monoisotopic (exact) mass is 298 g/mol. The average molecular weight is 298 g/mol. The SMILES string of the molecule is CNc1nc(-c2ccc3c(c2)CCN3C)nc2c1CSC2. The zero-order chi connectivity index (χ0) is 14.4. The van der Waals surface area contributed by atoms with Crippen LogP contribution < -0.4 is 10.2 Å². The molecule has 4 rings (SSSR count). The molecule has 0 spiro atoms. The van der Waals surface area contributed by atoms with E-state index in [-0.39, 0.29) is 0 Å². The maximum absolute atomic E-state index is 4.79. The van der Waals surface area contributed by atoms with Gasteiger partial charge in [-0.05, 0) is 30.2 Å². The molecule has 5 heteroatoms. The molecule has 0 fully saturated rings. The molecule has 2 aliphatic heterocycles. The van der Waals surface area contributed by atoms with Crippen molar-refractivity contribution < 1.29 is 0 Å². The lowest BCUT2D eigenvalue weighted by Crippen LogP contribution is -2.12. The second-order valence-electron chi connectivity index (χ2n) is 5.58. The number of aromatic nitrogens is 2. The lowest BCUT2D eigenvalue weighted by Gasteiger charge is -2.13. The zero-order valence-corrected chi connectivity index (χ0v) is 13.1. The fourth-order valence-corrected chi connectivity index (χ4v) is 4.13. The summed E-state index contributed by atoms with van der Waals surface area (Å²) >= 11 is 1.91. The predicted molar refractivity (Wildman–Crippen MR) is 89.0 cm³/mol. The molecule has 108 valence electrons. The average Bonchev–Trinajstić information content (AvgIpc) is 3.12. The van der Waals surface area contributed by atoms with Gasteiger partial charge in [-0.2, -0.15) is 11.8 Å². The second-order valence-corrected chi connectivity index (χ2v) is 6.56. The first-order valence-electron chi connectivity index (χ1n) is 7.26. The Bertz CT molecular complexity index is 714. The van der Waals surface area contributed by atoms with Gasteiger partial charge in [0, 0.05) is 49.0 Å². The topological polar surface area (TPSA) is 41.1 Å². The summed E-state index contributed by atoms with van der Waals surface area (Å²) in [5, 5.41) is 3.22. The number of benzene rings is 1. The van der Waals surface area contributed by atoms with E-state index in [1.165, 1.54) is 22.5 Å². The summed E-state index contributed by atoms with van der Waals surface area (Å²) in [5.74, 6) is 3.84. The highest BCUT2D eigenvalue weighted by Gasteiger charge is 2.21. The summed E-state index contributed by atoms with van der Waals surface area (Å²) in [5.41, 5.74) is 6.32. The molecular weight excluding hydrogens is 280 g/mol. The van der Waals surface area contributed by atoms with Crippen LogP contribution in [0.3, 0.4) is 0 Å². The first kappa shape index (κ1) is 13.0. The molecule has 2 aliphatic rings. The van der Waals surface area contributed by atoms with Gasteiger partial charge in [-0.3, -0.25) is 0 Å². The molecule has 0 bridgehead atoms. The summed E-state index contributed by atoms with van der Waals surface area (Å²) in [6, 6.07) is 6.59. The van der Waals surface area contributed by atoms with Crippen LogP contribution in [-0.2, 0) is 17.9 Å². The molecule has 1 aromatic carbocycles. The fourth-order valence-electron chi connectivity index (χ4n) is 3.09. The van der Waals surface area contributed by atoms with E-state index in [1.54, 1.807) is 0 Å². The minimum absolute atomic E-state index is 0.845. The fraction of sp³-hybridized carbons (Fsp3) is 0.375. The number of thioether (sulfide) groups is 1. The summed E-state index contributed by atoms with van der Waals surface area (Å²) in [6.07, 6.45) is 1.11. The van der Waals surface area contributed by atoms with Crippen molar-refractivity contribution in [3.63, 3.8) is 0 Å². The van der Waals surface area contributed by atoms with Crippen molar-refractivity contribution in [2.24, 2.45) is 0 Å². The Balaban J connectivity index is 1.81. The van der Waals surface area contributed by atoms with E-state index in [4.69, 9.17) is 9.97 Å². The van der Waals surface area contributed by atoms with Crippen LogP contribution in [-0.4, -0.2) is 30.6 Å². The van der Waals surface area contributed by atoms with Crippen molar-refractivity contribution in [1.82, 2.24) is 9.97 Å². The van der Waals surface area contributed by atoms with Gasteiger partial charge in [0.2, 0.25) is 0 Å². The number of fused-ring (bicyclic) bond motifs is 2. The molecule has 1 N–H and O–H groups in total. The Kier molecular flexibility index (Phi) is 3.03. The van der Waals surface area contributed by atoms with E-state index in [9.17, 15) is 0 Å². The number of likely N-dealkylation sites (N-methyl/N-ethyl adjacent to an activating group) is 1. The maximum Gasteiger partial charge on any atom is 0.161 e. The smallest absolute Gasteiger partial charge is 0.161 e. The Morgan fingerprint density at radius 2 is 2.14 bits per heavy atom. The lowest BCUT2D eigenvalue weighted by molar-refractivity contribution is 0.956. The standard InChI is InChI=1S/C16H18N4S/c1-17-16-12-8-21-9-13(12)18-15(19-16)11-3-4-14-10(7-11)5-6-20(14)2/h3-4,7H,5-6,8-9H2,1-2H3,(H,17,18,19). The van der Waals surface area contributed by atoms with Crippen LogP contribution in [0.5, 0.6) is 0 Å². The second kappa shape index (κ2) is 4.91. The van der Waals surface area contributed by atoms with Gasteiger partial charge >= 0.3 is 0 Å². The van der Waals surface area contributed by atoms with E-state index >= 15 is 0 Å². The minimum atomic E-state index is 0.845. The third-order valence-electron chi connectivity index (χ3n) is 4.28. The summed E-state index contributed by atoms with van der Waals surface area (Å²) in [7, 11) is 4.08. The Hall–Kier alpha value is -1.75. The molecule has 0 saturated heterocycles. The summed E-state index contributed by atoms with van der Waals surface area (Å²) in [4.78, 5) is 11.8. The van der Waals surface area contributed by atoms with Gasteiger partial charge in [-0.15, -0.1) is 0 Å². The Morgan fingerprint density at radius 3 is 3.00 bits per heavy atom. The largest absolute Gasteiger partial charge is 0.374 e. The van der Waals surface area contributed by atoms with Crippen molar-refractivity contribution in [1.29, 1.82) is 0 Å². The van der Waals surface area contributed by atoms with Crippen molar-refractivity contribution in [3.8, 4) is 11.4 Å². The quantitative estimate of drug-likeness (QED) is 0.923. The van der Waals surface area contributed by atoms with Crippen LogP contribution in [0.25, 0.3) is 11.4 Å². The van der Waals surface area contributed by atoms with Crippen molar-refractivity contribution >= 4 is 23.3 Å². The van der Waals surface area contributed by atoms with E-state index in [0.717, 1.165) is 41.7 Å². The minimum Gasteiger partial charge on any atom is -0.374 e. The summed E-state index contributed by atoms with van der Waals surface area (Å²) in [6.45, 7) is 1.10. The number of hydrogen-bond donors (Lipinski definition) is 1. The molecule has 0 aliphatic carbocycles. The van der Waals surface area contributed by atoms with Crippen molar-refractivity contribution in [2.75, 3.05) is 30.9 Å². The molecule has 1 aromatic heterocycles. The van der Waals surface area contributed by atoms with E-state index in [2.05, 4.69) is 35.5 Å². The van der Waals surface area contributed by atoms with Gasteiger partial charge in [0.05, 0.1) is 5.69 Å². The zero-order valence-electron chi connectivity index (χ0n) is 12.3. The van der Waals surface area contributed by atoms with Crippen LogP contribution in [0.4, 0.5) is 11.5 Å². The maximum atomic E-state index is 4.79. The van der Waals surface area contributed by atoms with Gasteiger partial charge in [0.15, 0.2) is 5.82 Å². The normalized spacial score (nSPS) is 16.0. The lowest BCUT2D eigenvalue weighted by atomic mass is 10.1. The van der Waals surface area contributed by atoms with Crippen LogP contribution in [0.2, 0.25) is 0 Å². The number of hydrogen-bond acceptors (Lipinski definition) is 5. The third kappa shape index (κ3) is 2.07. The van der Waals surface area contributed by atoms with Crippen LogP contribution >= 0.6 is 11.8 Å². The molecule has 0 radical (unpaired) electrons. The van der Waals surface area contributed by atoms with Gasteiger partial charge < -0.3 is 10.2 Å². The van der Waals surface area contributed by atoms with Gasteiger partial charge in [-0.1, -0.05) is 0 Å². The highest BCUT2D eigenvalue weighted by Crippen LogP contribution is 2.35. The van der Waals surface area contributed by atoms with E-state index in [0.29, 0.717) is 0 Å². The number of nitrogens with one attached hydrogen (secondary N) is 1. The van der Waals surface area contributed by atoms with Gasteiger partial charge in [0.25, 0.3) is 0 Å². The third-order valence-corrected chi connectivity index (χ3v) is 5.25. The van der Waals surface area contributed by atoms with Crippen LogP contribution in [0.15, 0.2) is 18.2 Å². The van der Waals surface area contributed by atoms with E-state index in [1.807, 2.05) is 18.8 Å². The first-order chi connectivity index (χ1) is 10.3.